The molecule has 0 saturated heterocycles. The minimum Gasteiger partial charge on any atom is -0.462 e. The van der Waals surface area contributed by atoms with Crippen molar-refractivity contribution in [3.8, 4) is 0 Å². The number of nitrogens with zero attached hydrogens (tertiary/aromatic N) is 2. The molecule has 0 aliphatic rings. The number of rotatable bonds is 2. The molecular formula is C11H9ClN2O2. The number of carbonyl (C=O) groups is 1. The summed E-state index contributed by atoms with van der Waals surface area (Å²) in [5, 5.41) is 1.05. The van der Waals surface area contributed by atoms with Crippen LogP contribution in [0.15, 0.2) is 24.7 Å². The van der Waals surface area contributed by atoms with E-state index in [9.17, 15) is 4.79 Å². The molecule has 0 N–H and O–H groups in total. The summed E-state index contributed by atoms with van der Waals surface area (Å²) < 4.78 is 4.88. The Kier molecular flexibility index (Phi) is 3.01. The standard InChI is InChI=1S/C11H9ClN2O2/c1-2-16-11(15)8-5-14-9-6-13-4-3-7(9)10(8)12/h3-6H,2H2,1H3. The van der Waals surface area contributed by atoms with Gasteiger partial charge in [-0.1, -0.05) is 11.6 Å². The summed E-state index contributed by atoms with van der Waals surface area (Å²) in [6, 6.07) is 1.72. The van der Waals surface area contributed by atoms with E-state index in [2.05, 4.69) is 9.97 Å². The van der Waals surface area contributed by atoms with Crippen LogP contribution in [0.5, 0.6) is 0 Å². The molecule has 0 atom stereocenters. The van der Waals surface area contributed by atoms with Crippen LogP contribution in [0, 0.1) is 0 Å². The van der Waals surface area contributed by atoms with Crippen LogP contribution in [-0.4, -0.2) is 22.5 Å². The fraction of sp³-hybridized carbons (Fsp3) is 0.182. The maximum atomic E-state index is 11.5. The van der Waals surface area contributed by atoms with Crippen molar-refractivity contribution in [2.45, 2.75) is 6.92 Å². The van der Waals surface area contributed by atoms with Gasteiger partial charge in [0.2, 0.25) is 0 Å². The van der Waals surface area contributed by atoms with E-state index in [-0.39, 0.29) is 5.56 Å². The van der Waals surface area contributed by atoms with Crippen molar-refractivity contribution in [1.29, 1.82) is 0 Å². The molecule has 0 aromatic carbocycles. The Morgan fingerprint density at radius 1 is 1.50 bits per heavy atom. The van der Waals surface area contributed by atoms with Gasteiger partial charge in [-0.2, -0.15) is 0 Å². The average molecular weight is 237 g/mol. The number of hydrogen-bond acceptors (Lipinski definition) is 4. The van der Waals surface area contributed by atoms with Crippen molar-refractivity contribution < 1.29 is 9.53 Å². The van der Waals surface area contributed by atoms with Crippen LogP contribution >= 0.6 is 11.6 Å². The largest absolute Gasteiger partial charge is 0.462 e. The van der Waals surface area contributed by atoms with Crippen molar-refractivity contribution in [3.63, 3.8) is 0 Å². The average Bonchev–Trinajstić information content (AvgIpc) is 2.30. The predicted molar refractivity (Wildman–Crippen MR) is 60.5 cm³/mol. The molecule has 0 aliphatic heterocycles. The molecule has 4 nitrogen and oxygen atoms in total. The lowest BCUT2D eigenvalue weighted by atomic mass is 10.2. The maximum absolute atomic E-state index is 11.5. The van der Waals surface area contributed by atoms with Crippen molar-refractivity contribution >= 4 is 28.5 Å². The third kappa shape index (κ3) is 1.84. The van der Waals surface area contributed by atoms with Gasteiger partial charge in [0.15, 0.2) is 0 Å². The van der Waals surface area contributed by atoms with Crippen molar-refractivity contribution in [3.05, 3.63) is 35.2 Å². The molecular weight excluding hydrogens is 228 g/mol. The number of fused-ring (bicyclic) bond motifs is 1. The summed E-state index contributed by atoms with van der Waals surface area (Å²) >= 11 is 6.10. The van der Waals surface area contributed by atoms with Crippen molar-refractivity contribution in [2.24, 2.45) is 0 Å². The second-order valence-electron chi connectivity index (χ2n) is 3.10. The molecule has 0 saturated carbocycles. The molecule has 0 fully saturated rings. The third-order valence-electron chi connectivity index (χ3n) is 2.10. The third-order valence-corrected chi connectivity index (χ3v) is 2.51. The number of hydrogen-bond donors (Lipinski definition) is 0. The molecule has 0 spiro atoms. The molecule has 82 valence electrons. The first-order valence-electron chi connectivity index (χ1n) is 4.79. The number of halogens is 1. The van der Waals surface area contributed by atoms with E-state index in [1.165, 1.54) is 6.20 Å². The summed E-state index contributed by atoms with van der Waals surface area (Å²) in [7, 11) is 0. The summed E-state index contributed by atoms with van der Waals surface area (Å²) in [6.07, 6.45) is 4.60. The van der Waals surface area contributed by atoms with Gasteiger partial charge in [0, 0.05) is 17.8 Å². The Bertz CT molecular complexity index is 542. The van der Waals surface area contributed by atoms with Gasteiger partial charge in [0.05, 0.1) is 28.9 Å². The Hall–Kier alpha value is -1.68. The summed E-state index contributed by atoms with van der Waals surface area (Å²) in [5.41, 5.74) is 0.933. The lowest BCUT2D eigenvalue weighted by molar-refractivity contribution is 0.0526. The van der Waals surface area contributed by atoms with Gasteiger partial charge < -0.3 is 4.74 Å². The molecule has 2 heterocycles. The zero-order valence-electron chi connectivity index (χ0n) is 8.61. The van der Waals surface area contributed by atoms with Crippen LogP contribution in [0.2, 0.25) is 5.02 Å². The quantitative estimate of drug-likeness (QED) is 0.752. The smallest absolute Gasteiger partial charge is 0.341 e. The summed E-state index contributed by atoms with van der Waals surface area (Å²) in [5.74, 6) is -0.460. The highest BCUT2D eigenvalue weighted by Crippen LogP contribution is 2.25. The molecule has 0 unspecified atom stereocenters. The fourth-order valence-corrected chi connectivity index (χ4v) is 1.65. The van der Waals surface area contributed by atoms with E-state index >= 15 is 0 Å². The van der Waals surface area contributed by atoms with E-state index in [1.54, 1.807) is 25.4 Å². The van der Waals surface area contributed by atoms with Gasteiger partial charge in [0.25, 0.3) is 0 Å². The van der Waals surface area contributed by atoms with Crippen LogP contribution in [0.25, 0.3) is 10.9 Å². The molecule has 2 aromatic heterocycles. The molecule has 2 aromatic rings. The Morgan fingerprint density at radius 3 is 3.06 bits per heavy atom. The zero-order valence-corrected chi connectivity index (χ0v) is 9.36. The molecule has 0 amide bonds. The number of aromatic nitrogens is 2. The lowest BCUT2D eigenvalue weighted by Gasteiger charge is -2.05. The summed E-state index contributed by atoms with van der Waals surface area (Å²) in [4.78, 5) is 19.6. The van der Waals surface area contributed by atoms with Gasteiger partial charge >= 0.3 is 5.97 Å². The molecule has 0 radical (unpaired) electrons. The Balaban J connectivity index is 2.56. The van der Waals surface area contributed by atoms with E-state index in [0.717, 1.165) is 0 Å². The fourth-order valence-electron chi connectivity index (χ4n) is 1.36. The van der Waals surface area contributed by atoms with E-state index in [1.807, 2.05) is 0 Å². The first-order chi connectivity index (χ1) is 7.74. The molecule has 16 heavy (non-hydrogen) atoms. The zero-order chi connectivity index (χ0) is 11.5. The van der Waals surface area contributed by atoms with Gasteiger partial charge in [0.1, 0.15) is 0 Å². The highest BCUT2D eigenvalue weighted by Gasteiger charge is 2.14. The first-order valence-corrected chi connectivity index (χ1v) is 5.17. The van der Waals surface area contributed by atoms with E-state index in [4.69, 9.17) is 16.3 Å². The van der Waals surface area contributed by atoms with Crippen LogP contribution in [0.4, 0.5) is 0 Å². The number of esters is 1. The van der Waals surface area contributed by atoms with Gasteiger partial charge in [-0.15, -0.1) is 0 Å². The predicted octanol–water partition coefficient (Wildman–Crippen LogP) is 2.46. The highest BCUT2D eigenvalue weighted by atomic mass is 35.5. The van der Waals surface area contributed by atoms with E-state index in [0.29, 0.717) is 22.5 Å². The minimum atomic E-state index is -0.460. The SMILES string of the molecule is CCOC(=O)c1cnc2cnccc2c1Cl. The molecule has 2 rings (SSSR count). The second-order valence-corrected chi connectivity index (χ2v) is 3.48. The maximum Gasteiger partial charge on any atom is 0.341 e. The number of carbonyl (C=O) groups excluding carboxylic acids is 1. The van der Waals surface area contributed by atoms with E-state index < -0.39 is 5.97 Å². The number of ether oxygens (including phenoxy) is 1. The minimum absolute atomic E-state index is 0.280. The monoisotopic (exact) mass is 236 g/mol. The number of pyridine rings is 2. The highest BCUT2D eigenvalue weighted by molar-refractivity contribution is 6.38. The Labute approximate surface area is 97.2 Å². The van der Waals surface area contributed by atoms with Crippen molar-refractivity contribution in [1.82, 2.24) is 9.97 Å². The van der Waals surface area contributed by atoms with Gasteiger partial charge in [-0.25, -0.2) is 4.79 Å². The van der Waals surface area contributed by atoms with Gasteiger partial charge in [-0.05, 0) is 13.0 Å². The first kappa shape index (κ1) is 10.8. The van der Waals surface area contributed by atoms with Crippen LogP contribution in [-0.2, 0) is 4.74 Å². The van der Waals surface area contributed by atoms with Crippen LogP contribution in [0.1, 0.15) is 17.3 Å². The van der Waals surface area contributed by atoms with Crippen molar-refractivity contribution in [2.75, 3.05) is 6.61 Å². The molecule has 0 bridgehead atoms. The van der Waals surface area contributed by atoms with Crippen LogP contribution < -0.4 is 0 Å². The lowest BCUT2D eigenvalue weighted by Crippen LogP contribution is -2.06. The molecule has 5 heteroatoms. The Morgan fingerprint density at radius 2 is 2.31 bits per heavy atom. The van der Waals surface area contributed by atoms with Gasteiger partial charge in [-0.3, -0.25) is 9.97 Å². The summed E-state index contributed by atoms with van der Waals surface area (Å²) in [6.45, 7) is 2.05. The second kappa shape index (κ2) is 4.45. The molecule has 0 aliphatic carbocycles. The van der Waals surface area contributed by atoms with Crippen LogP contribution in [0.3, 0.4) is 0 Å². The normalized spacial score (nSPS) is 10.4. The topological polar surface area (TPSA) is 52.1 Å².